The monoisotopic (exact) mass is 262 g/mol. The molecule has 0 unspecified atom stereocenters. The van der Waals surface area contributed by atoms with Gasteiger partial charge in [0.25, 0.3) is 0 Å². The van der Waals surface area contributed by atoms with E-state index >= 15 is 0 Å². The number of nitrogens with one attached hydrogen (secondary N) is 1. The Labute approximate surface area is 114 Å². The summed E-state index contributed by atoms with van der Waals surface area (Å²) in [6, 6.07) is 10.8. The molecule has 2 aliphatic rings. The second-order valence-corrected chi connectivity index (χ2v) is 6.83. The van der Waals surface area contributed by atoms with Gasteiger partial charge in [-0.3, -0.25) is 0 Å². The Morgan fingerprint density at radius 2 is 1.94 bits per heavy atom. The lowest BCUT2D eigenvalue weighted by atomic mass is 10.0. The number of rotatable bonds is 3. The Kier molecular flexibility index (Phi) is 3.92. The Balaban J connectivity index is 1.46. The average molecular weight is 262 g/mol. The predicted octanol–water partition coefficient (Wildman–Crippen LogP) is 2.36. The lowest BCUT2D eigenvalue weighted by Gasteiger charge is -2.38. The van der Waals surface area contributed by atoms with E-state index in [-0.39, 0.29) is 0 Å². The van der Waals surface area contributed by atoms with Crippen molar-refractivity contribution in [3.63, 3.8) is 0 Å². The molecule has 0 bridgehead atoms. The van der Waals surface area contributed by atoms with Crippen LogP contribution in [-0.4, -0.2) is 41.7 Å². The Hall–Kier alpha value is -0.510. The lowest BCUT2D eigenvalue weighted by molar-refractivity contribution is 0.190. The van der Waals surface area contributed by atoms with Crippen molar-refractivity contribution in [2.75, 3.05) is 31.9 Å². The molecule has 2 heterocycles. The number of hydrogen-bond donors (Lipinski definition) is 1. The first kappa shape index (κ1) is 12.5. The quantitative estimate of drug-likeness (QED) is 0.900. The molecule has 0 aliphatic carbocycles. The molecule has 1 N–H and O–H groups in total. The van der Waals surface area contributed by atoms with E-state index in [1.165, 1.54) is 56.8 Å². The molecule has 0 atom stereocenters. The summed E-state index contributed by atoms with van der Waals surface area (Å²) in [5.74, 6) is 1.30. The van der Waals surface area contributed by atoms with Crippen LogP contribution >= 0.6 is 11.8 Å². The fourth-order valence-electron chi connectivity index (χ4n) is 2.97. The molecule has 1 aromatic rings. The van der Waals surface area contributed by atoms with Crippen LogP contribution in [0.1, 0.15) is 18.4 Å². The first-order valence-electron chi connectivity index (χ1n) is 7.02. The van der Waals surface area contributed by atoms with Gasteiger partial charge in [-0.1, -0.05) is 30.3 Å². The maximum atomic E-state index is 3.70. The fraction of sp³-hybridized carbons (Fsp3) is 0.600. The van der Waals surface area contributed by atoms with Crippen LogP contribution in [0.2, 0.25) is 0 Å². The zero-order valence-electron chi connectivity index (χ0n) is 10.9. The number of thioether (sulfide) groups is 1. The Morgan fingerprint density at radius 3 is 2.61 bits per heavy atom. The van der Waals surface area contributed by atoms with Crippen LogP contribution in [0.15, 0.2) is 30.3 Å². The van der Waals surface area contributed by atoms with Gasteiger partial charge in [0.1, 0.15) is 0 Å². The van der Waals surface area contributed by atoms with Crippen LogP contribution in [0.25, 0.3) is 0 Å². The molecule has 0 radical (unpaired) electrons. The first-order chi connectivity index (χ1) is 8.86. The summed E-state index contributed by atoms with van der Waals surface area (Å²) in [6.07, 6.45) is 3.81. The van der Waals surface area contributed by atoms with E-state index in [2.05, 4.69) is 52.3 Å². The minimum Gasteiger partial charge on any atom is -0.303 e. The van der Waals surface area contributed by atoms with E-state index < -0.39 is 0 Å². The van der Waals surface area contributed by atoms with E-state index in [0.717, 1.165) is 0 Å². The molecule has 0 aromatic heterocycles. The standard InChI is InChI=1S/C15H22N2S/c1-2-4-14(5-3-1)6-10-17-11-7-15(8-12-17)16-9-13-18-15/h1-5,16H,6-13H2. The first-order valence-corrected chi connectivity index (χ1v) is 8.00. The van der Waals surface area contributed by atoms with Gasteiger partial charge >= 0.3 is 0 Å². The van der Waals surface area contributed by atoms with Crippen molar-refractivity contribution in [3.8, 4) is 0 Å². The van der Waals surface area contributed by atoms with Crippen LogP contribution in [0.3, 0.4) is 0 Å². The zero-order valence-corrected chi connectivity index (χ0v) is 11.7. The van der Waals surface area contributed by atoms with Crippen LogP contribution < -0.4 is 5.32 Å². The molecule has 18 heavy (non-hydrogen) atoms. The van der Waals surface area contributed by atoms with Gasteiger partial charge in [0, 0.05) is 31.9 Å². The zero-order chi connectivity index (χ0) is 12.3. The van der Waals surface area contributed by atoms with Gasteiger partial charge in [-0.25, -0.2) is 0 Å². The van der Waals surface area contributed by atoms with Crippen molar-refractivity contribution in [2.24, 2.45) is 0 Å². The summed E-state index contributed by atoms with van der Waals surface area (Å²) in [4.78, 5) is 3.06. The third-order valence-corrected chi connectivity index (χ3v) is 5.66. The van der Waals surface area contributed by atoms with Gasteiger partial charge in [-0.2, -0.15) is 0 Å². The van der Waals surface area contributed by atoms with Crippen LogP contribution in [0, 0.1) is 0 Å². The molecule has 2 aliphatic heterocycles. The van der Waals surface area contributed by atoms with Crippen molar-refractivity contribution < 1.29 is 0 Å². The second-order valence-electron chi connectivity index (χ2n) is 5.35. The summed E-state index contributed by atoms with van der Waals surface area (Å²) >= 11 is 2.14. The molecule has 2 saturated heterocycles. The highest BCUT2D eigenvalue weighted by Gasteiger charge is 2.37. The van der Waals surface area contributed by atoms with Gasteiger partial charge in [0.05, 0.1) is 4.87 Å². The Morgan fingerprint density at radius 1 is 1.17 bits per heavy atom. The number of benzene rings is 1. The summed E-state index contributed by atoms with van der Waals surface area (Å²) in [7, 11) is 0. The highest BCUT2D eigenvalue weighted by atomic mass is 32.2. The molecular weight excluding hydrogens is 240 g/mol. The number of nitrogens with zero attached hydrogens (tertiary/aromatic N) is 1. The maximum absolute atomic E-state index is 3.70. The minimum absolute atomic E-state index is 0.434. The van der Waals surface area contributed by atoms with Crippen LogP contribution in [-0.2, 0) is 6.42 Å². The highest BCUT2D eigenvalue weighted by Crippen LogP contribution is 2.36. The van der Waals surface area contributed by atoms with Crippen molar-refractivity contribution in [2.45, 2.75) is 24.1 Å². The van der Waals surface area contributed by atoms with E-state index in [0.29, 0.717) is 4.87 Å². The Bertz CT molecular complexity index is 363. The molecule has 3 heteroatoms. The summed E-state index contributed by atoms with van der Waals surface area (Å²) in [5.41, 5.74) is 1.46. The molecule has 98 valence electrons. The van der Waals surface area contributed by atoms with E-state index in [1.54, 1.807) is 0 Å². The molecule has 1 aromatic carbocycles. The van der Waals surface area contributed by atoms with Gasteiger partial charge < -0.3 is 10.2 Å². The maximum Gasteiger partial charge on any atom is 0.0670 e. The summed E-state index contributed by atoms with van der Waals surface area (Å²) in [5, 5.41) is 3.70. The lowest BCUT2D eigenvalue weighted by Crippen LogP contribution is -2.48. The summed E-state index contributed by atoms with van der Waals surface area (Å²) in [6.45, 7) is 4.93. The van der Waals surface area contributed by atoms with Crippen LogP contribution in [0.4, 0.5) is 0 Å². The van der Waals surface area contributed by atoms with E-state index in [9.17, 15) is 0 Å². The highest BCUT2D eigenvalue weighted by molar-refractivity contribution is 8.00. The molecule has 3 rings (SSSR count). The van der Waals surface area contributed by atoms with Crippen LogP contribution in [0.5, 0.6) is 0 Å². The van der Waals surface area contributed by atoms with Gasteiger partial charge in [0.2, 0.25) is 0 Å². The predicted molar refractivity (Wildman–Crippen MR) is 79.0 cm³/mol. The average Bonchev–Trinajstić information content (AvgIpc) is 2.88. The number of piperidine rings is 1. The van der Waals surface area contributed by atoms with Gasteiger partial charge in [-0.15, -0.1) is 11.8 Å². The SMILES string of the molecule is c1ccc(CCN2CCC3(CC2)NCCS3)cc1. The third-order valence-electron chi connectivity index (χ3n) is 4.15. The molecule has 0 amide bonds. The second kappa shape index (κ2) is 5.64. The van der Waals surface area contributed by atoms with Gasteiger partial charge in [0.15, 0.2) is 0 Å². The van der Waals surface area contributed by atoms with Crippen molar-refractivity contribution in [3.05, 3.63) is 35.9 Å². The third kappa shape index (κ3) is 2.90. The topological polar surface area (TPSA) is 15.3 Å². The van der Waals surface area contributed by atoms with E-state index in [1.807, 2.05) is 0 Å². The number of likely N-dealkylation sites (tertiary alicyclic amines) is 1. The van der Waals surface area contributed by atoms with Crippen molar-refractivity contribution in [1.82, 2.24) is 10.2 Å². The minimum atomic E-state index is 0.434. The number of hydrogen-bond acceptors (Lipinski definition) is 3. The fourth-order valence-corrected chi connectivity index (χ4v) is 4.24. The molecule has 2 fully saturated rings. The molecule has 0 saturated carbocycles. The largest absolute Gasteiger partial charge is 0.303 e. The normalized spacial score (nSPS) is 23.6. The van der Waals surface area contributed by atoms with Crippen molar-refractivity contribution >= 4 is 11.8 Å². The molecule has 1 spiro atoms. The van der Waals surface area contributed by atoms with E-state index in [4.69, 9.17) is 0 Å². The molecular formula is C15H22N2S. The summed E-state index contributed by atoms with van der Waals surface area (Å²) < 4.78 is 0. The smallest absolute Gasteiger partial charge is 0.0670 e. The van der Waals surface area contributed by atoms with Crippen molar-refractivity contribution in [1.29, 1.82) is 0 Å². The van der Waals surface area contributed by atoms with Gasteiger partial charge in [-0.05, 0) is 24.8 Å². The molecule has 2 nitrogen and oxygen atoms in total.